The van der Waals surface area contributed by atoms with Crippen LogP contribution in [0.2, 0.25) is 0 Å². The summed E-state index contributed by atoms with van der Waals surface area (Å²) < 4.78 is 80.7. The standard InChI is InChI=1S/C19H10F6N6O2/c20-18(21,22)14-6-9(4-5-26-14)29-16(32)12-8-28-31(15(12)19(23,24)25)13-3-1-2-10-11(13)7-27-30-17(10)33/h1-8H,(H,30,33)(H,26,29,32). The van der Waals surface area contributed by atoms with Crippen molar-refractivity contribution < 1.29 is 31.1 Å². The van der Waals surface area contributed by atoms with Crippen LogP contribution >= 0.6 is 0 Å². The summed E-state index contributed by atoms with van der Waals surface area (Å²) in [6, 6.07) is 5.41. The number of aromatic nitrogens is 5. The van der Waals surface area contributed by atoms with Gasteiger partial charge in [-0.3, -0.25) is 14.6 Å². The van der Waals surface area contributed by atoms with E-state index in [-0.39, 0.29) is 16.5 Å². The van der Waals surface area contributed by atoms with Crippen LogP contribution in [0.25, 0.3) is 16.5 Å². The summed E-state index contributed by atoms with van der Waals surface area (Å²) in [5.41, 5.74) is -5.00. The van der Waals surface area contributed by atoms with Crippen LogP contribution in [0.5, 0.6) is 0 Å². The third-order valence-electron chi connectivity index (χ3n) is 4.51. The molecule has 0 bridgehead atoms. The first-order chi connectivity index (χ1) is 15.5. The van der Waals surface area contributed by atoms with Gasteiger partial charge in [-0.15, -0.1) is 0 Å². The number of aromatic amines is 1. The van der Waals surface area contributed by atoms with Crippen molar-refractivity contribution in [2.45, 2.75) is 12.4 Å². The van der Waals surface area contributed by atoms with E-state index in [4.69, 9.17) is 0 Å². The van der Waals surface area contributed by atoms with Crippen molar-refractivity contribution in [1.82, 2.24) is 25.0 Å². The lowest BCUT2D eigenvalue weighted by Crippen LogP contribution is -2.21. The molecule has 3 heterocycles. The zero-order valence-corrected chi connectivity index (χ0v) is 16.0. The lowest BCUT2D eigenvalue weighted by Gasteiger charge is -2.14. The van der Waals surface area contributed by atoms with E-state index in [9.17, 15) is 35.9 Å². The summed E-state index contributed by atoms with van der Waals surface area (Å²) in [7, 11) is 0. The second kappa shape index (κ2) is 7.72. The molecule has 1 aromatic carbocycles. The first kappa shape index (κ1) is 22.0. The average Bonchev–Trinajstić information content (AvgIpc) is 3.19. The fraction of sp³-hybridized carbons (Fsp3) is 0.105. The van der Waals surface area contributed by atoms with Crippen LogP contribution in [0, 0.1) is 0 Å². The molecule has 0 aliphatic carbocycles. The van der Waals surface area contributed by atoms with E-state index >= 15 is 0 Å². The van der Waals surface area contributed by atoms with Crippen LogP contribution in [0.4, 0.5) is 32.0 Å². The Morgan fingerprint density at radius 3 is 2.45 bits per heavy atom. The summed E-state index contributed by atoms with van der Waals surface area (Å²) in [6.45, 7) is 0. The highest BCUT2D eigenvalue weighted by Gasteiger charge is 2.41. The number of amides is 1. The first-order valence-corrected chi connectivity index (χ1v) is 8.93. The molecule has 2 N–H and O–H groups in total. The number of pyridine rings is 1. The molecular weight excluding hydrogens is 458 g/mol. The second-order valence-corrected chi connectivity index (χ2v) is 6.64. The number of rotatable bonds is 3. The molecule has 4 aromatic rings. The highest BCUT2D eigenvalue weighted by molar-refractivity contribution is 6.05. The lowest BCUT2D eigenvalue weighted by molar-refractivity contribution is -0.143. The number of hydrogen-bond donors (Lipinski definition) is 2. The molecule has 33 heavy (non-hydrogen) atoms. The van der Waals surface area contributed by atoms with E-state index in [1.165, 1.54) is 18.2 Å². The van der Waals surface area contributed by atoms with E-state index < -0.39 is 46.5 Å². The number of alkyl halides is 6. The Morgan fingerprint density at radius 1 is 1.00 bits per heavy atom. The van der Waals surface area contributed by atoms with Crippen LogP contribution in [-0.4, -0.2) is 30.9 Å². The van der Waals surface area contributed by atoms with Gasteiger partial charge < -0.3 is 5.32 Å². The molecule has 170 valence electrons. The van der Waals surface area contributed by atoms with E-state index in [1.54, 1.807) is 0 Å². The average molecular weight is 468 g/mol. The number of carbonyl (C=O) groups is 1. The third kappa shape index (κ3) is 4.14. The minimum atomic E-state index is -5.09. The number of fused-ring (bicyclic) bond motifs is 1. The van der Waals surface area contributed by atoms with Gasteiger partial charge in [0.25, 0.3) is 11.5 Å². The van der Waals surface area contributed by atoms with E-state index in [2.05, 4.69) is 20.3 Å². The van der Waals surface area contributed by atoms with E-state index in [0.717, 1.165) is 18.5 Å². The fourth-order valence-electron chi connectivity index (χ4n) is 3.12. The molecule has 0 unspecified atom stereocenters. The molecule has 0 aliphatic heterocycles. The molecule has 0 radical (unpaired) electrons. The van der Waals surface area contributed by atoms with Crippen LogP contribution in [0.1, 0.15) is 21.7 Å². The Balaban J connectivity index is 1.81. The number of carbonyl (C=O) groups excluding carboxylic acids is 1. The second-order valence-electron chi connectivity index (χ2n) is 6.64. The maximum absolute atomic E-state index is 13.9. The van der Waals surface area contributed by atoms with Gasteiger partial charge in [-0.2, -0.15) is 36.5 Å². The van der Waals surface area contributed by atoms with Crippen molar-refractivity contribution in [1.29, 1.82) is 0 Å². The molecule has 0 fully saturated rings. The Bertz CT molecular complexity index is 1420. The van der Waals surface area contributed by atoms with Gasteiger partial charge in [-0.25, -0.2) is 9.78 Å². The van der Waals surface area contributed by atoms with Crippen molar-refractivity contribution in [3.05, 3.63) is 76.2 Å². The van der Waals surface area contributed by atoms with Gasteiger partial charge in [0.15, 0.2) is 5.69 Å². The van der Waals surface area contributed by atoms with Crippen LogP contribution in [0.3, 0.4) is 0 Å². The van der Waals surface area contributed by atoms with Crippen molar-refractivity contribution in [2.24, 2.45) is 0 Å². The minimum absolute atomic E-state index is 0.0331. The van der Waals surface area contributed by atoms with Crippen molar-refractivity contribution in [3.63, 3.8) is 0 Å². The van der Waals surface area contributed by atoms with Crippen LogP contribution in [0.15, 0.2) is 53.7 Å². The predicted molar refractivity (Wildman–Crippen MR) is 102 cm³/mol. The monoisotopic (exact) mass is 468 g/mol. The van der Waals surface area contributed by atoms with Crippen LogP contribution in [-0.2, 0) is 12.4 Å². The Hall–Kier alpha value is -4.23. The molecule has 0 saturated carbocycles. The Kier molecular flexibility index (Phi) is 5.14. The predicted octanol–water partition coefficient (Wildman–Crippen LogP) is 3.79. The summed E-state index contributed by atoms with van der Waals surface area (Å²) in [5.74, 6) is -1.34. The molecule has 14 heteroatoms. The van der Waals surface area contributed by atoms with Gasteiger partial charge >= 0.3 is 12.4 Å². The largest absolute Gasteiger partial charge is 0.434 e. The highest BCUT2D eigenvalue weighted by atomic mass is 19.4. The number of H-pyrrole nitrogens is 1. The highest BCUT2D eigenvalue weighted by Crippen LogP contribution is 2.35. The molecule has 4 rings (SSSR count). The number of nitrogens with zero attached hydrogens (tertiary/aromatic N) is 4. The number of halogens is 6. The maximum atomic E-state index is 13.9. The summed E-state index contributed by atoms with van der Waals surface area (Å²) >= 11 is 0. The quantitative estimate of drug-likeness (QED) is 0.445. The Labute approximate surface area is 178 Å². The van der Waals surface area contributed by atoms with Gasteiger partial charge in [0, 0.05) is 17.3 Å². The molecule has 3 aromatic heterocycles. The smallest absolute Gasteiger partial charge is 0.322 e. The topological polar surface area (TPSA) is 106 Å². The zero-order valence-electron chi connectivity index (χ0n) is 16.0. The molecule has 0 aliphatic rings. The number of hydrogen-bond acceptors (Lipinski definition) is 5. The zero-order chi connectivity index (χ0) is 24.0. The summed E-state index contributed by atoms with van der Waals surface area (Å²) in [5, 5.41) is 11.5. The molecular formula is C19H10F6N6O2. The van der Waals surface area contributed by atoms with Gasteiger partial charge in [0.2, 0.25) is 0 Å². The summed E-state index contributed by atoms with van der Waals surface area (Å²) in [6.07, 6.45) is -7.39. The number of benzene rings is 1. The van der Waals surface area contributed by atoms with Gasteiger partial charge in [0.05, 0.1) is 29.0 Å². The molecule has 1 amide bonds. The van der Waals surface area contributed by atoms with Crippen molar-refractivity contribution in [2.75, 3.05) is 5.32 Å². The normalized spacial score (nSPS) is 12.2. The van der Waals surface area contributed by atoms with Crippen molar-refractivity contribution >= 4 is 22.4 Å². The van der Waals surface area contributed by atoms with Crippen molar-refractivity contribution in [3.8, 4) is 5.69 Å². The third-order valence-corrected chi connectivity index (χ3v) is 4.51. The fourth-order valence-corrected chi connectivity index (χ4v) is 3.12. The number of nitrogens with one attached hydrogen (secondary N) is 2. The molecule has 8 nitrogen and oxygen atoms in total. The number of anilines is 1. The van der Waals surface area contributed by atoms with Gasteiger partial charge in [-0.1, -0.05) is 6.07 Å². The lowest BCUT2D eigenvalue weighted by atomic mass is 10.1. The maximum Gasteiger partial charge on any atom is 0.434 e. The van der Waals surface area contributed by atoms with E-state index in [0.29, 0.717) is 16.9 Å². The van der Waals surface area contributed by atoms with Gasteiger partial charge in [0.1, 0.15) is 5.69 Å². The van der Waals surface area contributed by atoms with E-state index in [1.807, 2.05) is 5.32 Å². The molecule has 0 spiro atoms. The Morgan fingerprint density at radius 2 is 1.76 bits per heavy atom. The summed E-state index contributed by atoms with van der Waals surface area (Å²) in [4.78, 5) is 27.6. The van der Waals surface area contributed by atoms with Crippen LogP contribution < -0.4 is 10.9 Å². The first-order valence-electron chi connectivity index (χ1n) is 8.93. The van der Waals surface area contributed by atoms with Gasteiger partial charge in [-0.05, 0) is 24.3 Å². The molecule has 0 atom stereocenters. The molecule has 0 saturated heterocycles. The minimum Gasteiger partial charge on any atom is -0.322 e. The SMILES string of the molecule is O=C(Nc1ccnc(C(F)(F)F)c1)c1cnn(-c2cccc3c(=O)[nH]ncc23)c1C(F)(F)F.